The van der Waals surface area contributed by atoms with Crippen molar-refractivity contribution in [2.75, 3.05) is 13.1 Å². The van der Waals surface area contributed by atoms with E-state index in [2.05, 4.69) is 10.6 Å². The fourth-order valence-electron chi connectivity index (χ4n) is 3.02. The summed E-state index contributed by atoms with van der Waals surface area (Å²) in [6, 6.07) is 16.9. The third-order valence-corrected chi connectivity index (χ3v) is 5.87. The van der Waals surface area contributed by atoms with Crippen LogP contribution in [0.3, 0.4) is 0 Å². The van der Waals surface area contributed by atoms with Gasteiger partial charge >= 0.3 is 0 Å². The van der Waals surface area contributed by atoms with Gasteiger partial charge in [0.05, 0.1) is 18.4 Å². The molecule has 2 amide bonds. The number of amides is 2. The number of fused-ring (bicyclic) bond motifs is 1. The summed E-state index contributed by atoms with van der Waals surface area (Å²) in [7, 11) is 0. The van der Waals surface area contributed by atoms with Gasteiger partial charge in [0.2, 0.25) is 5.91 Å². The molecule has 7 heteroatoms. The lowest BCUT2D eigenvalue weighted by Crippen LogP contribution is -2.37. The zero-order chi connectivity index (χ0) is 20.6. The van der Waals surface area contributed by atoms with Gasteiger partial charge in [-0.3, -0.25) is 9.59 Å². The second kappa shape index (κ2) is 10.1. The molecule has 0 radical (unpaired) electrons. The largest absolute Gasteiger partial charge is 0.354 e. The number of nitrogens with one attached hydrogen (secondary N) is 2. The predicted octanol–water partition coefficient (Wildman–Crippen LogP) is 4.18. The van der Waals surface area contributed by atoms with Crippen molar-refractivity contribution in [3.63, 3.8) is 0 Å². The molecule has 2 aromatic carbocycles. The molecule has 0 aliphatic heterocycles. The highest BCUT2D eigenvalue weighted by Gasteiger charge is 2.24. The number of hydrogen-bond acceptors (Lipinski definition) is 4. The Morgan fingerprint density at radius 2 is 1.86 bits per heavy atom. The Morgan fingerprint density at radius 3 is 2.59 bits per heavy atom. The molecule has 1 heterocycles. The third kappa shape index (κ3) is 5.14. The zero-order valence-corrected chi connectivity index (χ0v) is 17.2. The number of carbonyl (C=O) groups excluding carboxylic acids is 2. The van der Waals surface area contributed by atoms with E-state index in [4.69, 9.17) is 16.9 Å². The summed E-state index contributed by atoms with van der Waals surface area (Å²) in [5, 5.41) is 17.3. The number of benzene rings is 2. The molecule has 0 aliphatic carbocycles. The Morgan fingerprint density at radius 1 is 1.10 bits per heavy atom. The van der Waals surface area contributed by atoms with Crippen LogP contribution in [-0.4, -0.2) is 24.9 Å². The Bertz CT molecular complexity index is 1040. The minimum atomic E-state index is -0.545. The molecule has 0 fully saturated rings. The fourth-order valence-corrected chi connectivity index (χ4v) is 4.21. The van der Waals surface area contributed by atoms with Gasteiger partial charge in [-0.2, -0.15) is 5.26 Å². The van der Waals surface area contributed by atoms with Crippen LogP contribution >= 0.6 is 22.9 Å². The minimum absolute atomic E-state index is 0.162. The first-order chi connectivity index (χ1) is 14.1. The average molecular weight is 426 g/mol. The van der Waals surface area contributed by atoms with Crippen LogP contribution in [0.4, 0.5) is 0 Å². The van der Waals surface area contributed by atoms with Gasteiger partial charge in [0.25, 0.3) is 5.91 Å². The van der Waals surface area contributed by atoms with Gasteiger partial charge in [-0.15, -0.1) is 22.9 Å². The summed E-state index contributed by atoms with van der Waals surface area (Å²) < 4.78 is 1.08. The Labute approximate surface area is 178 Å². The summed E-state index contributed by atoms with van der Waals surface area (Å²) in [6.45, 7) is 0.441. The Kier molecular flexibility index (Phi) is 7.23. The molecule has 0 aliphatic rings. The lowest BCUT2D eigenvalue weighted by atomic mass is 9.97. The number of alkyl halides is 1. The van der Waals surface area contributed by atoms with Crippen LogP contribution < -0.4 is 10.6 Å². The highest BCUT2D eigenvalue weighted by atomic mass is 35.5. The SMILES string of the molecule is N#CCCNC(=O)C(CNC(=O)c1ccc(CCl)cc1)c1csc2ccccc12. The van der Waals surface area contributed by atoms with Crippen molar-refractivity contribution in [2.45, 2.75) is 18.2 Å². The second-order valence-electron chi connectivity index (χ2n) is 6.48. The van der Waals surface area contributed by atoms with Gasteiger partial charge in [-0.05, 0) is 40.1 Å². The van der Waals surface area contributed by atoms with E-state index < -0.39 is 5.92 Å². The maximum Gasteiger partial charge on any atom is 0.251 e. The van der Waals surface area contributed by atoms with Crippen molar-refractivity contribution < 1.29 is 9.59 Å². The second-order valence-corrected chi connectivity index (χ2v) is 7.66. The number of halogens is 1. The first kappa shape index (κ1) is 20.8. The zero-order valence-electron chi connectivity index (χ0n) is 15.7. The number of nitriles is 1. The molecule has 0 bridgehead atoms. The summed E-state index contributed by atoms with van der Waals surface area (Å²) >= 11 is 7.35. The monoisotopic (exact) mass is 425 g/mol. The molecule has 29 heavy (non-hydrogen) atoms. The molecule has 0 spiro atoms. The number of thiophene rings is 1. The van der Waals surface area contributed by atoms with Crippen molar-refractivity contribution in [3.05, 3.63) is 70.6 Å². The fraction of sp³-hybridized carbons (Fsp3) is 0.227. The molecule has 0 saturated heterocycles. The van der Waals surface area contributed by atoms with Crippen LogP contribution in [0.1, 0.15) is 33.8 Å². The number of nitrogens with zero attached hydrogens (tertiary/aromatic N) is 1. The van der Waals surface area contributed by atoms with Crippen LogP contribution in [-0.2, 0) is 10.7 Å². The molecule has 1 unspecified atom stereocenters. The smallest absolute Gasteiger partial charge is 0.251 e. The maximum atomic E-state index is 12.8. The molecule has 148 valence electrons. The average Bonchev–Trinajstić information content (AvgIpc) is 3.18. The minimum Gasteiger partial charge on any atom is -0.354 e. The molecule has 1 atom stereocenters. The van der Waals surface area contributed by atoms with Crippen LogP contribution in [0.5, 0.6) is 0 Å². The van der Waals surface area contributed by atoms with Crippen molar-refractivity contribution in [3.8, 4) is 6.07 Å². The summed E-state index contributed by atoms with van der Waals surface area (Å²) in [5.74, 6) is -0.615. The van der Waals surface area contributed by atoms with Crippen molar-refractivity contribution >= 4 is 44.8 Å². The van der Waals surface area contributed by atoms with E-state index in [1.807, 2.05) is 35.7 Å². The highest BCUT2D eigenvalue weighted by molar-refractivity contribution is 7.17. The Balaban J connectivity index is 1.78. The van der Waals surface area contributed by atoms with Gasteiger partial charge in [-0.25, -0.2) is 0 Å². The molecule has 2 N–H and O–H groups in total. The predicted molar refractivity (Wildman–Crippen MR) is 116 cm³/mol. The van der Waals surface area contributed by atoms with E-state index in [-0.39, 0.29) is 31.3 Å². The first-order valence-corrected chi connectivity index (χ1v) is 10.6. The standard InChI is InChI=1S/C22H20ClN3O2S/c23-12-15-6-8-16(9-7-15)21(27)26-13-18(22(28)25-11-3-10-24)19-14-29-20-5-2-1-4-17(19)20/h1-2,4-9,14,18H,3,11-13H2,(H,25,28)(H,26,27). The summed E-state index contributed by atoms with van der Waals surface area (Å²) in [6.07, 6.45) is 0.238. The summed E-state index contributed by atoms with van der Waals surface area (Å²) in [4.78, 5) is 25.4. The van der Waals surface area contributed by atoms with E-state index in [0.717, 1.165) is 21.2 Å². The molecule has 1 aromatic heterocycles. The van der Waals surface area contributed by atoms with E-state index in [0.29, 0.717) is 11.4 Å². The lowest BCUT2D eigenvalue weighted by Gasteiger charge is -2.17. The third-order valence-electron chi connectivity index (χ3n) is 4.58. The van der Waals surface area contributed by atoms with Gasteiger partial charge in [0.1, 0.15) is 0 Å². The summed E-state index contributed by atoms with van der Waals surface area (Å²) in [5.41, 5.74) is 2.32. The van der Waals surface area contributed by atoms with Crippen LogP contribution in [0.15, 0.2) is 53.9 Å². The normalized spacial score (nSPS) is 11.6. The maximum absolute atomic E-state index is 12.8. The van der Waals surface area contributed by atoms with Crippen molar-refractivity contribution in [2.24, 2.45) is 0 Å². The van der Waals surface area contributed by atoms with Crippen molar-refractivity contribution in [1.29, 1.82) is 5.26 Å². The van der Waals surface area contributed by atoms with Gasteiger partial charge in [0.15, 0.2) is 0 Å². The molecule has 5 nitrogen and oxygen atoms in total. The van der Waals surface area contributed by atoms with Gasteiger partial charge < -0.3 is 10.6 Å². The number of hydrogen-bond donors (Lipinski definition) is 2. The molecular formula is C22H20ClN3O2S. The van der Waals surface area contributed by atoms with E-state index in [1.54, 1.807) is 35.6 Å². The first-order valence-electron chi connectivity index (χ1n) is 9.18. The lowest BCUT2D eigenvalue weighted by molar-refractivity contribution is -0.122. The topological polar surface area (TPSA) is 82.0 Å². The number of carbonyl (C=O) groups is 2. The van der Waals surface area contributed by atoms with Gasteiger partial charge in [0, 0.05) is 29.2 Å². The van der Waals surface area contributed by atoms with Crippen LogP contribution in [0.2, 0.25) is 0 Å². The van der Waals surface area contributed by atoms with Crippen LogP contribution in [0, 0.1) is 11.3 Å². The van der Waals surface area contributed by atoms with E-state index >= 15 is 0 Å². The quantitative estimate of drug-likeness (QED) is 0.419. The molecule has 3 rings (SSSR count). The molecule has 0 saturated carbocycles. The van der Waals surface area contributed by atoms with E-state index in [1.165, 1.54) is 0 Å². The van der Waals surface area contributed by atoms with Gasteiger partial charge in [-0.1, -0.05) is 30.3 Å². The van der Waals surface area contributed by atoms with E-state index in [9.17, 15) is 9.59 Å². The number of rotatable bonds is 8. The molecular weight excluding hydrogens is 406 g/mol. The van der Waals surface area contributed by atoms with Crippen LogP contribution in [0.25, 0.3) is 10.1 Å². The van der Waals surface area contributed by atoms with Crippen molar-refractivity contribution in [1.82, 2.24) is 10.6 Å². The molecule has 3 aromatic rings. The highest BCUT2D eigenvalue weighted by Crippen LogP contribution is 2.31. The Hall–Kier alpha value is -2.88.